The second-order valence-electron chi connectivity index (χ2n) is 6.07. The number of rotatable bonds is 5. The summed E-state index contributed by atoms with van der Waals surface area (Å²) in [6, 6.07) is 4.88. The van der Waals surface area contributed by atoms with Gasteiger partial charge in [0.1, 0.15) is 11.5 Å². The number of aromatic nitrogens is 1. The molecule has 0 fully saturated rings. The molecule has 8 heteroatoms. The highest BCUT2D eigenvalue weighted by Gasteiger charge is 2.60. The number of carbonyl (C=O) groups is 2. The van der Waals surface area contributed by atoms with Crippen molar-refractivity contribution in [3.63, 3.8) is 0 Å². The van der Waals surface area contributed by atoms with Crippen LogP contribution in [-0.2, 0) is 26.3 Å². The van der Waals surface area contributed by atoms with Gasteiger partial charge in [-0.1, -0.05) is 0 Å². The minimum Gasteiger partial charge on any atom is -0.469 e. The van der Waals surface area contributed by atoms with Crippen molar-refractivity contribution in [2.75, 3.05) is 7.11 Å². The monoisotopic (exact) mass is 473 g/mol. The third kappa shape index (κ3) is 2.80. The predicted octanol–water partition coefficient (Wildman–Crippen LogP) is 3.36. The lowest BCUT2D eigenvalue weighted by Gasteiger charge is -2.28. The number of hydrogen-bond acceptors (Lipinski definition) is 5. The number of hydrogen-bond donors (Lipinski definition) is 1. The molecule has 0 aliphatic carbocycles. The number of fused-ring (bicyclic) bond motifs is 1. The number of ether oxygens (including phenoxy) is 1. The molecule has 1 aliphatic heterocycles. The van der Waals surface area contributed by atoms with Crippen molar-refractivity contribution in [2.45, 2.75) is 31.4 Å². The fraction of sp³-hybridized carbons (Fsp3) is 0.412. The molecule has 2 aromatic heterocycles. The Balaban J connectivity index is 2.09. The lowest BCUT2D eigenvalue weighted by Crippen LogP contribution is -2.45. The Morgan fingerprint density at radius 2 is 2.16 bits per heavy atom. The molecule has 0 spiro atoms. The minimum atomic E-state index is -2.02. The fourth-order valence-corrected chi connectivity index (χ4v) is 4.64. The Morgan fingerprint density at radius 3 is 2.72 bits per heavy atom. The second-order valence-corrected chi connectivity index (χ2v) is 7.68. The lowest BCUT2D eigenvalue weighted by molar-refractivity contribution is -0.172. The third-order valence-electron chi connectivity index (χ3n) is 4.69. The van der Waals surface area contributed by atoms with E-state index in [0.717, 1.165) is 5.76 Å². The number of carbonyl (C=O) groups excluding carboxylic acids is 2. The Labute approximate surface area is 161 Å². The molecule has 0 amide bonds. The van der Waals surface area contributed by atoms with E-state index in [0.29, 0.717) is 27.6 Å². The third-order valence-corrected chi connectivity index (χ3v) is 6.64. The van der Waals surface area contributed by atoms with E-state index in [2.05, 4.69) is 31.9 Å². The van der Waals surface area contributed by atoms with E-state index in [1.54, 1.807) is 23.0 Å². The van der Waals surface area contributed by atoms with E-state index in [1.165, 1.54) is 14.0 Å². The van der Waals surface area contributed by atoms with Gasteiger partial charge >= 0.3 is 5.97 Å². The van der Waals surface area contributed by atoms with Crippen molar-refractivity contribution in [3.8, 4) is 0 Å². The van der Waals surface area contributed by atoms with Gasteiger partial charge in [-0.05, 0) is 63.4 Å². The number of ketones is 1. The highest BCUT2D eigenvalue weighted by Crippen LogP contribution is 2.52. The molecule has 3 heterocycles. The summed E-state index contributed by atoms with van der Waals surface area (Å²) in [7, 11) is 1.20. The molecular formula is C17H17Br2NO5. The molecule has 134 valence electrons. The van der Waals surface area contributed by atoms with Crippen LogP contribution in [0.15, 0.2) is 38.0 Å². The normalized spacial score (nSPS) is 25.0. The van der Waals surface area contributed by atoms with Crippen molar-refractivity contribution in [1.29, 1.82) is 0 Å². The number of nitrogens with zero attached hydrogens (tertiary/aromatic N) is 1. The van der Waals surface area contributed by atoms with Crippen LogP contribution in [-0.4, -0.2) is 28.5 Å². The van der Waals surface area contributed by atoms with Crippen LogP contribution in [0.3, 0.4) is 0 Å². The van der Waals surface area contributed by atoms with Crippen molar-refractivity contribution in [3.05, 3.63) is 45.0 Å². The fourth-order valence-electron chi connectivity index (χ4n) is 3.67. The van der Waals surface area contributed by atoms with Crippen LogP contribution in [0.5, 0.6) is 0 Å². The lowest BCUT2D eigenvalue weighted by atomic mass is 9.79. The first-order valence-electron chi connectivity index (χ1n) is 7.72. The summed E-state index contributed by atoms with van der Waals surface area (Å²) < 4.78 is 13.3. The first-order chi connectivity index (χ1) is 11.8. The maximum absolute atomic E-state index is 12.4. The van der Waals surface area contributed by atoms with Gasteiger partial charge in [0.2, 0.25) is 5.60 Å². The molecule has 3 rings (SSSR count). The van der Waals surface area contributed by atoms with E-state index < -0.39 is 23.5 Å². The Hall–Kier alpha value is -1.38. The van der Waals surface area contributed by atoms with Gasteiger partial charge in [-0.2, -0.15) is 0 Å². The van der Waals surface area contributed by atoms with Crippen LogP contribution in [0.25, 0.3) is 0 Å². The maximum atomic E-state index is 12.4. The molecule has 6 nitrogen and oxygen atoms in total. The van der Waals surface area contributed by atoms with E-state index in [9.17, 15) is 14.7 Å². The average Bonchev–Trinajstić information content (AvgIpc) is 3.24. The van der Waals surface area contributed by atoms with Gasteiger partial charge in [-0.15, -0.1) is 0 Å². The Morgan fingerprint density at radius 1 is 1.44 bits per heavy atom. The Bertz CT molecular complexity index is 813. The molecule has 3 atom stereocenters. The molecule has 0 aromatic carbocycles. The first kappa shape index (κ1) is 18.4. The second kappa shape index (κ2) is 6.74. The van der Waals surface area contributed by atoms with E-state index >= 15 is 0 Å². The van der Waals surface area contributed by atoms with E-state index in [1.807, 2.05) is 6.07 Å². The molecule has 2 aromatic rings. The standard InChI is InChI=1S/C17H17Br2NO5/c1-9(21)14-12(6-5-10-4-3-7-25-10)20-13(8-11(18)15(20)19)17(14,23)16(22)24-2/h3-4,7-8,12,14,23H,5-6H2,1-2H3. The summed E-state index contributed by atoms with van der Waals surface area (Å²) in [5, 5.41) is 11.2. The van der Waals surface area contributed by atoms with E-state index in [4.69, 9.17) is 9.15 Å². The highest BCUT2D eigenvalue weighted by atomic mass is 79.9. The van der Waals surface area contributed by atoms with Gasteiger partial charge in [0.25, 0.3) is 0 Å². The van der Waals surface area contributed by atoms with Crippen LogP contribution in [0.2, 0.25) is 0 Å². The zero-order valence-electron chi connectivity index (χ0n) is 13.7. The Kier molecular flexibility index (Phi) is 4.96. The molecule has 0 saturated heterocycles. The first-order valence-corrected chi connectivity index (χ1v) is 9.31. The van der Waals surface area contributed by atoms with Gasteiger partial charge in [-0.25, -0.2) is 4.79 Å². The van der Waals surface area contributed by atoms with Gasteiger partial charge in [0.15, 0.2) is 0 Å². The van der Waals surface area contributed by atoms with Gasteiger partial charge < -0.3 is 18.8 Å². The molecule has 0 bridgehead atoms. The topological polar surface area (TPSA) is 81.7 Å². The van der Waals surface area contributed by atoms with E-state index in [-0.39, 0.29) is 5.78 Å². The van der Waals surface area contributed by atoms with Gasteiger partial charge in [-0.3, -0.25) is 4.79 Å². The molecule has 3 unspecified atom stereocenters. The van der Waals surface area contributed by atoms with Gasteiger partial charge in [0, 0.05) is 12.5 Å². The summed E-state index contributed by atoms with van der Waals surface area (Å²) in [4.78, 5) is 24.8. The van der Waals surface area contributed by atoms with Crippen molar-refractivity contribution >= 4 is 43.6 Å². The van der Waals surface area contributed by atoms with Crippen LogP contribution >= 0.6 is 31.9 Å². The molecular weight excluding hydrogens is 458 g/mol. The van der Waals surface area contributed by atoms with Crippen LogP contribution in [0.1, 0.15) is 30.8 Å². The van der Waals surface area contributed by atoms with Crippen LogP contribution in [0, 0.1) is 5.92 Å². The number of methoxy groups -OCH3 is 1. The zero-order valence-corrected chi connectivity index (χ0v) is 16.8. The summed E-state index contributed by atoms with van der Waals surface area (Å²) in [6.07, 6.45) is 2.68. The average molecular weight is 475 g/mol. The summed E-state index contributed by atoms with van der Waals surface area (Å²) in [6.45, 7) is 1.38. The zero-order chi connectivity index (χ0) is 18.4. The number of esters is 1. The molecule has 25 heavy (non-hydrogen) atoms. The largest absolute Gasteiger partial charge is 0.469 e. The maximum Gasteiger partial charge on any atom is 0.345 e. The number of furan rings is 1. The van der Waals surface area contributed by atoms with Crippen LogP contribution in [0.4, 0.5) is 0 Å². The number of Topliss-reactive ketones (excluding diaryl/α,β-unsaturated/α-hetero) is 1. The minimum absolute atomic E-state index is 0.274. The van der Waals surface area contributed by atoms with Crippen LogP contribution < -0.4 is 0 Å². The quantitative estimate of drug-likeness (QED) is 0.672. The number of halogens is 2. The molecule has 0 radical (unpaired) electrons. The highest BCUT2D eigenvalue weighted by molar-refractivity contribution is 9.13. The molecule has 1 aliphatic rings. The summed E-state index contributed by atoms with van der Waals surface area (Å²) in [5.41, 5.74) is -1.69. The molecule has 0 saturated carbocycles. The predicted molar refractivity (Wildman–Crippen MR) is 96.0 cm³/mol. The SMILES string of the molecule is COC(=O)C1(O)c2cc(Br)c(Br)n2C(CCc2ccco2)C1C(C)=O. The smallest absolute Gasteiger partial charge is 0.345 e. The molecule has 1 N–H and O–H groups in total. The summed E-state index contributed by atoms with van der Waals surface area (Å²) in [5.74, 6) is -1.27. The van der Waals surface area contributed by atoms with Crippen molar-refractivity contribution in [2.24, 2.45) is 5.92 Å². The summed E-state index contributed by atoms with van der Waals surface area (Å²) >= 11 is 6.88. The van der Waals surface area contributed by atoms with Crippen molar-refractivity contribution in [1.82, 2.24) is 4.57 Å². The van der Waals surface area contributed by atoms with Crippen molar-refractivity contribution < 1.29 is 23.8 Å². The van der Waals surface area contributed by atoms with Gasteiger partial charge in [0.05, 0.1) is 34.1 Å². The number of aliphatic hydroxyl groups is 1. The number of aryl methyl sites for hydroxylation is 1.